The van der Waals surface area contributed by atoms with Gasteiger partial charge >= 0.3 is 0 Å². The van der Waals surface area contributed by atoms with Crippen LogP contribution in [0.5, 0.6) is 0 Å². The Morgan fingerprint density at radius 2 is 1.80 bits per heavy atom. The van der Waals surface area contributed by atoms with Crippen molar-refractivity contribution in [2.24, 2.45) is 17.8 Å². The molecule has 20 heavy (non-hydrogen) atoms. The van der Waals surface area contributed by atoms with Crippen molar-refractivity contribution in [2.45, 2.75) is 57.4 Å². The molecule has 0 atom stereocenters. The molecule has 0 saturated heterocycles. The van der Waals surface area contributed by atoms with Crippen LogP contribution in [-0.2, 0) is 12.0 Å². The van der Waals surface area contributed by atoms with Crippen LogP contribution in [0.2, 0.25) is 0 Å². The maximum absolute atomic E-state index is 12.0. The van der Waals surface area contributed by atoms with Crippen LogP contribution in [0.25, 0.3) is 0 Å². The summed E-state index contributed by atoms with van der Waals surface area (Å²) in [5.74, 6) is 2.64. The van der Waals surface area contributed by atoms with Crippen molar-refractivity contribution < 1.29 is 0 Å². The molecular formula is C16H23N3O. The molecule has 0 amide bonds. The Morgan fingerprint density at radius 3 is 2.30 bits per heavy atom. The number of hydrogen-bond donors (Lipinski definition) is 1. The molecule has 4 bridgehead atoms. The summed E-state index contributed by atoms with van der Waals surface area (Å²) >= 11 is 0. The van der Waals surface area contributed by atoms with Gasteiger partial charge in [-0.15, -0.1) is 0 Å². The summed E-state index contributed by atoms with van der Waals surface area (Å²) in [7, 11) is 0. The highest BCUT2D eigenvalue weighted by Crippen LogP contribution is 2.60. The molecule has 0 unspecified atom stereocenters. The first kappa shape index (κ1) is 12.4. The minimum absolute atomic E-state index is 0.138. The average molecular weight is 273 g/mol. The van der Waals surface area contributed by atoms with Crippen molar-refractivity contribution >= 4 is 5.69 Å². The third kappa shape index (κ3) is 1.66. The Bertz CT molecular complexity index is 569. The number of anilines is 1. The third-order valence-electron chi connectivity index (χ3n) is 5.88. The topological polar surface area (TPSA) is 60.9 Å². The summed E-state index contributed by atoms with van der Waals surface area (Å²) in [4.78, 5) is 12.0. The maximum atomic E-state index is 12.0. The molecule has 1 aromatic heterocycles. The Hall–Kier alpha value is -1.32. The van der Waals surface area contributed by atoms with E-state index in [1.54, 1.807) is 4.68 Å². The van der Waals surface area contributed by atoms with Gasteiger partial charge in [0.15, 0.2) is 0 Å². The zero-order chi connectivity index (χ0) is 13.9. The predicted molar refractivity (Wildman–Crippen MR) is 78.4 cm³/mol. The van der Waals surface area contributed by atoms with Crippen LogP contribution in [0.15, 0.2) is 10.9 Å². The van der Waals surface area contributed by atoms with Crippen LogP contribution in [0.1, 0.15) is 51.1 Å². The Kier molecular flexibility index (Phi) is 2.54. The van der Waals surface area contributed by atoms with E-state index in [0.29, 0.717) is 12.2 Å². The minimum Gasteiger partial charge on any atom is -0.394 e. The second kappa shape index (κ2) is 4.09. The summed E-state index contributed by atoms with van der Waals surface area (Å²) < 4.78 is 1.54. The van der Waals surface area contributed by atoms with Gasteiger partial charge in [0.05, 0.1) is 5.69 Å². The highest BCUT2D eigenvalue weighted by atomic mass is 16.1. The molecular weight excluding hydrogens is 250 g/mol. The van der Waals surface area contributed by atoms with Gasteiger partial charge in [0.25, 0.3) is 5.56 Å². The summed E-state index contributed by atoms with van der Waals surface area (Å²) in [5.41, 5.74) is 7.48. The summed E-state index contributed by atoms with van der Waals surface area (Å²) in [6, 6.07) is 1.88. The van der Waals surface area contributed by atoms with Gasteiger partial charge in [-0.25, -0.2) is 4.68 Å². The highest BCUT2D eigenvalue weighted by Gasteiger charge is 2.52. The van der Waals surface area contributed by atoms with Crippen molar-refractivity contribution in [1.29, 1.82) is 0 Å². The zero-order valence-corrected chi connectivity index (χ0v) is 12.1. The van der Waals surface area contributed by atoms with Crippen LogP contribution in [0, 0.1) is 17.8 Å². The lowest BCUT2D eigenvalue weighted by atomic mass is 9.49. The number of hydrogen-bond acceptors (Lipinski definition) is 3. The summed E-state index contributed by atoms with van der Waals surface area (Å²) in [6.07, 6.45) is 8.03. The number of rotatable bonds is 2. The van der Waals surface area contributed by atoms with Gasteiger partial charge in [-0.1, -0.05) is 0 Å². The molecule has 4 nitrogen and oxygen atoms in total. The van der Waals surface area contributed by atoms with Crippen molar-refractivity contribution in [3.8, 4) is 0 Å². The normalized spacial score (nSPS) is 38.4. The lowest BCUT2D eigenvalue weighted by Gasteiger charge is -2.56. The van der Waals surface area contributed by atoms with Crippen LogP contribution in [0.4, 0.5) is 5.69 Å². The summed E-state index contributed by atoms with van der Waals surface area (Å²) in [6.45, 7) is 2.56. The molecule has 4 aliphatic rings. The molecule has 2 N–H and O–H groups in total. The number of nitrogen functional groups attached to an aromatic ring is 1. The van der Waals surface area contributed by atoms with Crippen LogP contribution >= 0.6 is 0 Å². The highest BCUT2D eigenvalue weighted by molar-refractivity contribution is 5.38. The quantitative estimate of drug-likeness (QED) is 0.899. The van der Waals surface area contributed by atoms with Gasteiger partial charge in [0, 0.05) is 12.0 Å². The van der Waals surface area contributed by atoms with Crippen LogP contribution in [-0.4, -0.2) is 9.78 Å². The molecule has 1 aromatic rings. The van der Waals surface area contributed by atoms with E-state index < -0.39 is 0 Å². The SMILES string of the molecule is CCn1nc(C23CC4CC(CC(C4)C2)C3)cc(N)c1=O. The largest absolute Gasteiger partial charge is 0.394 e. The molecule has 0 aromatic carbocycles. The predicted octanol–water partition coefficient (Wildman–Crippen LogP) is 2.31. The molecule has 0 aliphatic heterocycles. The van der Waals surface area contributed by atoms with Gasteiger partial charge < -0.3 is 5.73 Å². The molecule has 0 spiro atoms. The second-order valence-electron chi connectivity index (χ2n) is 7.30. The van der Waals surface area contributed by atoms with Gasteiger partial charge in [0.1, 0.15) is 5.69 Å². The molecule has 4 saturated carbocycles. The van der Waals surface area contributed by atoms with Crippen LogP contribution in [0.3, 0.4) is 0 Å². The molecule has 108 valence electrons. The Labute approximate surface area is 119 Å². The van der Waals surface area contributed by atoms with Crippen molar-refractivity contribution in [1.82, 2.24) is 9.78 Å². The Balaban J connectivity index is 1.81. The van der Waals surface area contributed by atoms with E-state index in [-0.39, 0.29) is 11.0 Å². The first-order chi connectivity index (χ1) is 9.59. The van der Waals surface area contributed by atoms with Gasteiger partial charge in [-0.3, -0.25) is 4.79 Å². The monoisotopic (exact) mass is 273 g/mol. The fraction of sp³-hybridized carbons (Fsp3) is 0.750. The first-order valence-electron chi connectivity index (χ1n) is 7.98. The molecule has 0 radical (unpaired) electrons. The molecule has 5 rings (SSSR count). The number of aryl methyl sites for hydroxylation is 1. The van der Waals surface area contributed by atoms with E-state index in [9.17, 15) is 4.79 Å². The summed E-state index contributed by atoms with van der Waals surface area (Å²) in [5, 5.41) is 4.67. The number of aromatic nitrogens is 2. The second-order valence-corrected chi connectivity index (χ2v) is 7.30. The maximum Gasteiger partial charge on any atom is 0.289 e. The smallest absolute Gasteiger partial charge is 0.289 e. The fourth-order valence-electron chi connectivity index (χ4n) is 5.46. The van der Waals surface area contributed by atoms with E-state index >= 15 is 0 Å². The third-order valence-corrected chi connectivity index (χ3v) is 5.88. The molecule has 4 heteroatoms. The van der Waals surface area contributed by atoms with Crippen molar-refractivity contribution in [3.05, 3.63) is 22.1 Å². The van der Waals surface area contributed by atoms with Gasteiger partial charge in [-0.2, -0.15) is 5.10 Å². The Morgan fingerprint density at radius 1 is 1.25 bits per heavy atom. The number of nitrogens with zero attached hydrogens (tertiary/aromatic N) is 2. The van der Waals surface area contributed by atoms with E-state index in [4.69, 9.17) is 5.73 Å². The molecule has 4 aliphatic carbocycles. The van der Waals surface area contributed by atoms with Crippen molar-refractivity contribution in [2.75, 3.05) is 5.73 Å². The lowest BCUT2D eigenvalue weighted by Crippen LogP contribution is -2.49. The first-order valence-corrected chi connectivity index (χ1v) is 7.98. The standard InChI is InChI=1S/C16H23N3O/c1-2-19-15(20)13(17)6-14(18-19)16-7-10-3-11(8-16)5-12(4-10)9-16/h6,10-12H,2-5,7-9,17H2,1H3. The minimum atomic E-state index is -0.138. The number of nitrogens with two attached hydrogens (primary N) is 1. The van der Waals surface area contributed by atoms with Gasteiger partial charge in [-0.05, 0) is 69.3 Å². The van der Waals surface area contributed by atoms with E-state index in [0.717, 1.165) is 23.4 Å². The van der Waals surface area contributed by atoms with Gasteiger partial charge in [0.2, 0.25) is 0 Å². The molecule has 4 fully saturated rings. The zero-order valence-electron chi connectivity index (χ0n) is 12.1. The van der Waals surface area contributed by atoms with Crippen LogP contribution < -0.4 is 11.3 Å². The molecule has 1 heterocycles. The average Bonchev–Trinajstić information content (AvgIpc) is 2.40. The van der Waals surface area contributed by atoms with E-state index in [1.165, 1.54) is 38.5 Å². The van der Waals surface area contributed by atoms with Crippen molar-refractivity contribution in [3.63, 3.8) is 0 Å². The van der Waals surface area contributed by atoms with E-state index in [1.807, 2.05) is 13.0 Å². The fourth-order valence-corrected chi connectivity index (χ4v) is 5.46. The lowest BCUT2D eigenvalue weighted by molar-refractivity contribution is -0.00801. The van der Waals surface area contributed by atoms with E-state index in [2.05, 4.69) is 5.10 Å².